The van der Waals surface area contributed by atoms with E-state index in [1.165, 1.54) is 0 Å². The molecule has 0 aliphatic heterocycles. The van der Waals surface area contributed by atoms with Crippen LogP contribution in [0.5, 0.6) is 0 Å². The molecule has 6 heteroatoms. The number of hydrogen-bond donors (Lipinski definition) is 0. The third-order valence-corrected chi connectivity index (χ3v) is 4.08. The second-order valence-corrected chi connectivity index (χ2v) is 6.05. The summed E-state index contributed by atoms with van der Waals surface area (Å²) in [7, 11) is 0. The predicted molar refractivity (Wildman–Crippen MR) is 97.8 cm³/mol. The first kappa shape index (κ1) is 16.3. The average Bonchev–Trinajstić information content (AvgIpc) is 3.15. The van der Waals surface area contributed by atoms with Crippen LogP contribution in [-0.2, 0) is 11.3 Å². The first-order valence-corrected chi connectivity index (χ1v) is 8.31. The van der Waals surface area contributed by atoms with Gasteiger partial charge in [-0.05, 0) is 30.3 Å². The molecule has 0 amide bonds. The zero-order valence-electron chi connectivity index (χ0n) is 13.6. The van der Waals surface area contributed by atoms with Gasteiger partial charge in [-0.1, -0.05) is 47.1 Å². The monoisotopic (exact) mass is 364 g/mol. The van der Waals surface area contributed by atoms with Gasteiger partial charge in [0.05, 0.1) is 11.1 Å². The fraction of sp³-hybridized carbons (Fsp3) is 0.0500. The summed E-state index contributed by atoms with van der Waals surface area (Å²) in [6.45, 7) is 0.00950. The molecular weight excluding hydrogens is 352 g/mol. The van der Waals surface area contributed by atoms with Crippen LogP contribution < -0.4 is 0 Å². The van der Waals surface area contributed by atoms with Crippen molar-refractivity contribution in [3.05, 3.63) is 83.2 Å². The van der Waals surface area contributed by atoms with Gasteiger partial charge < -0.3 is 9.26 Å². The first-order valence-electron chi connectivity index (χ1n) is 7.93. The Labute approximate surface area is 154 Å². The van der Waals surface area contributed by atoms with Gasteiger partial charge in [-0.3, -0.25) is 0 Å². The second-order valence-electron chi connectivity index (χ2n) is 5.66. The number of ether oxygens (including phenoxy) is 1. The number of pyridine rings is 1. The molecule has 26 heavy (non-hydrogen) atoms. The summed E-state index contributed by atoms with van der Waals surface area (Å²) in [4.78, 5) is 16.5. The Morgan fingerprint density at radius 2 is 1.88 bits per heavy atom. The number of carbonyl (C=O) groups is 1. The summed E-state index contributed by atoms with van der Waals surface area (Å²) in [5.74, 6) is 0.0333. The predicted octanol–water partition coefficient (Wildman–Crippen LogP) is 4.90. The maximum absolute atomic E-state index is 12.3. The van der Waals surface area contributed by atoms with Crippen LogP contribution in [0.3, 0.4) is 0 Å². The lowest BCUT2D eigenvalue weighted by Gasteiger charge is -2.04. The smallest absolute Gasteiger partial charge is 0.338 e. The standard InChI is InChI=1S/C20H13ClN2O3/c21-19-9-7-14-10-15(6-8-17(14)22-19)20(24)25-12-16-11-18(23-26-16)13-4-2-1-3-5-13/h1-11H,12H2. The number of nitrogens with zero attached hydrogens (tertiary/aromatic N) is 2. The molecule has 0 saturated heterocycles. The average molecular weight is 365 g/mol. The molecule has 4 rings (SSSR count). The van der Waals surface area contributed by atoms with Gasteiger partial charge >= 0.3 is 5.97 Å². The number of esters is 1. The minimum atomic E-state index is -0.445. The van der Waals surface area contributed by atoms with Crippen LogP contribution in [-0.4, -0.2) is 16.1 Å². The quantitative estimate of drug-likeness (QED) is 0.380. The van der Waals surface area contributed by atoms with Gasteiger partial charge in [-0.15, -0.1) is 0 Å². The fourth-order valence-corrected chi connectivity index (χ4v) is 2.73. The van der Waals surface area contributed by atoms with Crippen molar-refractivity contribution in [2.45, 2.75) is 6.61 Å². The van der Waals surface area contributed by atoms with Crippen LogP contribution in [0.1, 0.15) is 16.1 Å². The molecule has 2 aromatic heterocycles. The number of benzene rings is 2. The maximum Gasteiger partial charge on any atom is 0.338 e. The summed E-state index contributed by atoms with van der Waals surface area (Å²) >= 11 is 5.87. The Kier molecular flexibility index (Phi) is 4.37. The van der Waals surface area contributed by atoms with Gasteiger partial charge in [0.1, 0.15) is 10.8 Å². The molecule has 0 aliphatic rings. The number of hydrogen-bond acceptors (Lipinski definition) is 5. The van der Waals surface area contributed by atoms with E-state index in [1.54, 1.807) is 30.3 Å². The summed E-state index contributed by atoms with van der Waals surface area (Å²) in [6, 6.07) is 20.0. The second kappa shape index (κ2) is 6.98. The van der Waals surface area contributed by atoms with Gasteiger partial charge in [0.25, 0.3) is 0 Å². The van der Waals surface area contributed by atoms with E-state index >= 15 is 0 Å². The van der Waals surface area contributed by atoms with Crippen LogP contribution in [0.25, 0.3) is 22.2 Å². The zero-order valence-corrected chi connectivity index (χ0v) is 14.3. The van der Waals surface area contributed by atoms with E-state index in [9.17, 15) is 4.79 Å². The zero-order chi connectivity index (χ0) is 17.9. The minimum Gasteiger partial charge on any atom is -0.454 e. The number of aromatic nitrogens is 2. The van der Waals surface area contributed by atoms with Crippen molar-refractivity contribution in [3.8, 4) is 11.3 Å². The molecule has 128 valence electrons. The Balaban J connectivity index is 1.46. The van der Waals surface area contributed by atoms with Crippen LogP contribution in [0, 0.1) is 0 Å². The van der Waals surface area contributed by atoms with Gasteiger partial charge in [0, 0.05) is 17.0 Å². The van der Waals surface area contributed by atoms with E-state index in [2.05, 4.69) is 10.1 Å². The van der Waals surface area contributed by atoms with Crippen LogP contribution in [0.15, 0.2) is 71.3 Å². The van der Waals surface area contributed by atoms with Crippen molar-refractivity contribution in [3.63, 3.8) is 0 Å². The molecule has 0 atom stereocenters. The summed E-state index contributed by atoms with van der Waals surface area (Å²) in [5, 5.41) is 5.22. The molecule has 5 nitrogen and oxygen atoms in total. The molecule has 2 heterocycles. The molecule has 0 radical (unpaired) electrons. The highest BCUT2D eigenvalue weighted by molar-refractivity contribution is 6.29. The van der Waals surface area contributed by atoms with Crippen molar-refractivity contribution in [1.29, 1.82) is 0 Å². The summed E-state index contributed by atoms with van der Waals surface area (Å²) in [5.41, 5.74) is 2.79. The molecule has 0 saturated carbocycles. The van der Waals surface area contributed by atoms with Crippen LogP contribution >= 0.6 is 11.6 Å². The minimum absolute atomic E-state index is 0.00950. The van der Waals surface area contributed by atoms with Crippen molar-refractivity contribution in [2.24, 2.45) is 0 Å². The highest BCUT2D eigenvalue weighted by Crippen LogP contribution is 2.20. The lowest BCUT2D eigenvalue weighted by atomic mass is 10.1. The number of halogens is 1. The maximum atomic E-state index is 12.3. The number of carbonyl (C=O) groups excluding carboxylic acids is 1. The largest absolute Gasteiger partial charge is 0.454 e. The first-order chi connectivity index (χ1) is 12.7. The van der Waals surface area contributed by atoms with E-state index in [0.29, 0.717) is 22.2 Å². The molecule has 0 aliphatic carbocycles. The third-order valence-electron chi connectivity index (χ3n) is 3.86. The van der Waals surface area contributed by atoms with Crippen molar-refractivity contribution < 1.29 is 14.1 Å². The Bertz CT molecular complexity index is 1080. The Morgan fingerprint density at radius 1 is 1.04 bits per heavy atom. The third kappa shape index (κ3) is 3.43. The van der Waals surface area contributed by atoms with Gasteiger partial charge in [0.15, 0.2) is 12.4 Å². The number of fused-ring (bicyclic) bond motifs is 1. The van der Waals surface area contributed by atoms with Gasteiger partial charge in [-0.25, -0.2) is 9.78 Å². The molecule has 0 unspecified atom stereocenters. The van der Waals surface area contributed by atoms with Gasteiger partial charge in [0.2, 0.25) is 0 Å². The Hall–Kier alpha value is -3.18. The number of rotatable bonds is 4. The van der Waals surface area contributed by atoms with Gasteiger partial charge in [-0.2, -0.15) is 0 Å². The van der Waals surface area contributed by atoms with Crippen LogP contribution in [0.2, 0.25) is 5.15 Å². The molecule has 0 fully saturated rings. The van der Waals surface area contributed by atoms with Crippen molar-refractivity contribution in [1.82, 2.24) is 10.1 Å². The molecular formula is C20H13ClN2O3. The van der Waals surface area contributed by atoms with E-state index in [1.807, 2.05) is 36.4 Å². The molecule has 0 spiro atoms. The lowest BCUT2D eigenvalue weighted by molar-refractivity contribution is 0.0437. The highest BCUT2D eigenvalue weighted by atomic mass is 35.5. The van der Waals surface area contributed by atoms with Crippen molar-refractivity contribution >= 4 is 28.5 Å². The highest BCUT2D eigenvalue weighted by Gasteiger charge is 2.12. The summed E-state index contributed by atoms with van der Waals surface area (Å²) in [6.07, 6.45) is 0. The van der Waals surface area contributed by atoms with E-state index in [-0.39, 0.29) is 6.61 Å². The van der Waals surface area contributed by atoms with E-state index in [0.717, 1.165) is 16.5 Å². The lowest BCUT2D eigenvalue weighted by Crippen LogP contribution is -2.04. The van der Waals surface area contributed by atoms with E-state index in [4.69, 9.17) is 20.9 Å². The molecule has 0 N–H and O–H groups in total. The van der Waals surface area contributed by atoms with E-state index < -0.39 is 5.97 Å². The fourth-order valence-electron chi connectivity index (χ4n) is 2.57. The Morgan fingerprint density at radius 3 is 2.73 bits per heavy atom. The topological polar surface area (TPSA) is 65.2 Å². The molecule has 4 aromatic rings. The summed E-state index contributed by atoms with van der Waals surface area (Å²) < 4.78 is 10.6. The normalized spacial score (nSPS) is 10.8. The molecule has 2 aromatic carbocycles. The SMILES string of the molecule is O=C(OCc1cc(-c2ccccc2)no1)c1ccc2nc(Cl)ccc2c1. The van der Waals surface area contributed by atoms with Crippen LogP contribution in [0.4, 0.5) is 0 Å². The van der Waals surface area contributed by atoms with Crippen molar-refractivity contribution in [2.75, 3.05) is 0 Å². The molecule has 0 bridgehead atoms.